The van der Waals surface area contributed by atoms with Gasteiger partial charge in [0.05, 0.1) is 6.04 Å². The third-order valence-electron chi connectivity index (χ3n) is 5.19. The number of aryl methyl sites for hydroxylation is 1. The van der Waals surface area contributed by atoms with Crippen LogP contribution in [0.25, 0.3) is 0 Å². The molecule has 4 nitrogen and oxygen atoms in total. The number of nitrogens with zero attached hydrogens (tertiary/aromatic N) is 1. The van der Waals surface area contributed by atoms with E-state index in [1.165, 1.54) is 11.1 Å². The van der Waals surface area contributed by atoms with Crippen molar-refractivity contribution in [3.8, 4) is 5.75 Å². The number of hydrogen-bond acceptors (Lipinski definition) is 3. The Hall–Kier alpha value is -1.85. The van der Waals surface area contributed by atoms with Crippen molar-refractivity contribution in [2.75, 3.05) is 19.7 Å². The number of nitrogens with one attached hydrogen (secondary N) is 1. The molecule has 1 amide bonds. The molecule has 1 aliphatic rings. The summed E-state index contributed by atoms with van der Waals surface area (Å²) < 4.78 is 6.88. The molecule has 1 heterocycles. The average molecular weight is 445 g/mol. The van der Waals surface area contributed by atoms with Gasteiger partial charge in [0, 0.05) is 16.9 Å². The Balaban J connectivity index is 1.38. The van der Waals surface area contributed by atoms with Crippen molar-refractivity contribution < 1.29 is 9.53 Å². The van der Waals surface area contributed by atoms with Gasteiger partial charge < -0.3 is 10.1 Å². The molecule has 0 unspecified atom stereocenters. The van der Waals surface area contributed by atoms with Crippen LogP contribution < -0.4 is 10.1 Å². The van der Waals surface area contributed by atoms with Crippen molar-refractivity contribution in [3.63, 3.8) is 0 Å². The zero-order valence-corrected chi connectivity index (χ0v) is 18.2. The smallest absolute Gasteiger partial charge is 0.223 e. The standard InChI is InChI=1S/C23H29BrN2O2/c1-17-3-9-22(10-4-17)28-16-18(2)25-23(27)20-11-13-26(14-12-20)15-19-5-7-21(24)8-6-19/h3-10,18,20H,11-16H2,1-2H3,(H,25,27)/t18-/m1/s1. The lowest BCUT2D eigenvalue weighted by molar-refractivity contribution is -0.127. The minimum atomic E-state index is -0.00500. The molecule has 0 aliphatic carbocycles. The quantitative estimate of drug-likeness (QED) is 0.680. The zero-order chi connectivity index (χ0) is 19.9. The summed E-state index contributed by atoms with van der Waals surface area (Å²) in [7, 11) is 0. The van der Waals surface area contributed by atoms with Crippen LogP contribution in [0.2, 0.25) is 0 Å². The van der Waals surface area contributed by atoms with Crippen molar-refractivity contribution in [1.29, 1.82) is 0 Å². The SMILES string of the molecule is Cc1ccc(OC[C@@H](C)NC(=O)C2CCN(Cc3ccc(Br)cc3)CC2)cc1. The Morgan fingerprint density at radius 3 is 2.43 bits per heavy atom. The summed E-state index contributed by atoms with van der Waals surface area (Å²) in [6, 6.07) is 16.4. The van der Waals surface area contributed by atoms with Crippen molar-refractivity contribution in [1.82, 2.24) is 10.2 Å². The van der Waals surface area contributed by atoms with E-state index in [1.807, 2.05) is 31.2 Å². The molecule has 2 aromatic carbocycles. The molecule has 5 heteroatoms. The van der Waals surface area contributed by atoms with E-state index in [2.05, 4.69) is 57.3 Å². The van der Waals surface area contributed by atoms with Gasteiger partial charge in [-0.1, -0.05) is 45.8 Å². The summed E-state index contributed by atoms with van der Waals surface area (Å²) in [6.07, 6.45) is 1.82. The topological polar surface area (TPSA) is 41.6 Å². The Bertz CT molecular complexity index is 753. The number of carbonyl (C=O) groups is 1. The van der Waals surface area contributed by atoms with Crippen LogP contribution in [-0.4, -0.2) is 36.5 Å². The second-order valence-corrected chi connectivity index (χ2v) is 8.63. The van der Waals surface area contributed by atoms with E-state index in [1.54, 1.807) is 0 Å². The first-order valence-corrected chi connectivity index (χ1v) is 10.8. The number of hydrogen-bond donors (Lipinski definition) is 1. The molecule has 0 radical (unpaired) electrons. The molecule has 3 rings (SSSR count). The van der Waals surface area contributed by atoms with Crippen molar-refractivity contribution in [2.24, 2.45) is 5.92 Å². The molecule has 1 saturated heterocycles. The molecule has 2 aromatic rings. The fourth-order valence-electron chi connectivity index (χ4n) is 3.46. The first-order chi connectivity index (χ1) is 13.5. The molecule has 1 aliphatic heterocycles. The van der Waals surface area contributed by atoms with Gasteiger partial charge in [-0.05, 0) is 69.6 Å². The first-order valence-electron chi connectivity index (χ1n) is 9.96. The van der Waals surface area contributed by atoms with Gasteiger partial charge in [0.15, 0.2) is 0 Å². The van der Waals surface area contributed by atoms with Gasteiger partial charge >= 0.3 is 0 Å². The van der Waals surface area contributed by atoms with E-state index < -0.39 is 0 Å². The lowest BCUT2D eigenvalue weighted by Crippen LogP contribution is -2.44. The van der Waals surface area contributed by atoms with Gasteiger partial charge in [-0.15, -0.1) is 0 Å². The number of ether oxygens (including phenoxy) is 1. The fourth-order valence-corrected chi connectivity index (χ4v) is 3.72. The van der Waals surface area contributed by atoms with Crippen LogP contribution in [0.4, 0.5) is 0 Å². The summed E-state index contributed by atoms with van der Waals surface area (Å²) >= 11 is 3.47. The normalized spacial score (nSPS) is 16.5. The van der Waals surface area contributed by atoms with Crippen molar-refractivity contribution in [3.05, 3.63) is 64.1 Å². The lowest BCUT2D eigenvalue weighted by atomic mass is 9.95. The summed E-state index contributed by atoms with van der Waals surface area (Å²) in [5.41, 5.74) is 2.52. The fraction of sp³-hybridized carbons (Fsp3) is 0.435. The number of piperidine rings is 1. The highest BCUT2D eigenvalue weighted by Crippen LogP contribution is 2.20. The van der Waals surface area contributed by atoms with Crippen LogP contribution >= 0.6 is 15.9 Å². The van der Waals surface area contributed by atoms with Gasteiger partial charge in [-0.2, -0.15) is 0 Å². The summed E-state index contributed by atoms with van der Waals surface area (Å²) in [4.78, 5) is 15.0. The van der Waals surface area contributed by atoms with Gasteiger partial charge in [-0.3, -0.25) is 9.69 Å². The molecule has 0 aromatic heterocycles. The number of carbonyl (C=O) groups excluding carboxylic acids is 1. The second kappa shape index (κ2) is 10.1. The number of amides is 1. The minimum Gasteiger partial charge on any atom is -0.491 e. The lowest BCUT2D eigenvalue weighted by Gasteiger charge is -2.31. The van der Waals surface area contributed by atoms with Gasteiger partial charge in [0.2, 0.25) is 5.91 Å². The molecular weight excluding hydrogens is 416 g/mol. The Morgan fingerprint density at radius 1 is 1.14 bits per heavy atom. The van der Waals surface area contributed by atoms with E-state index >= 15 is 0 Å². The van der Waals surface area contributed by atoms with Crippen LogP contribution in [0, 0.1) is 12.8 Å². The molecule has 150 valence electrons. The Labute approximate surface area is 176 Å². The number of benzene rings is 2. The van der Waals surface area contributed by atoms with Gasteiger partial charge in [-0.25, -0.2) is 0 Å². The number of halogens is 1. The molecule has 1 N–H and O–H groups in total. The minimum absolute atomic E-state index is 0.00500. The summed E-state index contributed by atoms with van der Waals surface area (Å²) in [5, 5.41) is 3.11. The van der Waals surface area contributed by atoms with Crippen LogP contribution in [0.5, 0.6) is 5.75 Å². The highest BCUT2D eigenvalue weighted by atomic mass is 79.9. The molecule has 0 saturated carbocycles. The first kappa shape index (κ1) is 20.9. The number of rotatable bonds is 7. The summed E-state index contributed by atoms with van der Waals surface area (Å²) in [5.74, 6) is 1.10. The maximum absolute atomic E-state index is 12.6. The highest BCUT2D eigenvalue weighted by molar-refractivity contribution is 9.10. The van der Waals surface area contributed by atoms with Crippen LogP contribution in [-0.2, 0) is 11.3 Å². The molecule has 0 spiro atoms. The highest BCUT2D eigenvalue weighted by Gasteiger charge is 2.25. The van der Waals surface area contributed by atoms with E-state index in [0.29, 0.717) is 6.61 Å². The second-order valence-electron chi connectivity index (χ2n) is 7.71. The Morgan fingerprint density at radius 2 is 1.79 bits per heavy atom. The number of likely N-dealkylation sites (tertiary alicyclic amines) is 1. The molecule has 1 fully saturated rings. The van der Waals surface area contributed by atoms with E-state index in [9.17, 15) is 4.79 Å². The predicted octanol–water partition coefficient (Wildman–Crippen LogP) is 4.55. The van der Waals surface area contributed by atoms with Crippen molar-refractivity contribution in [2.45, 2.75) is 39.3 Å². The van der Waals surface area contributed by atoms with Crippen molar-refractivity contribution >= 4 is 21.8 Å². The maximum atomic E-state index is 12.6. The maximum Gasteiger partial charge on any atom is 0.223 e. The summed E-state index contributed by atoms with van der Waals surface area (Å²) in [6.45, 7) is 7.40. The zero-order valence-electron chi connectivity index (χ0n) is 16.7. The Kier molecular flexibility index (Phi) is 7.51. The average Bonchev–Trinajstić information content (AvgIpc) is 2.70. The van der Waals surface area contributed by atoms with E-state index in [-0.39, 0.29) is 17.9 Å². The largest absolute Gasteiger partial charge is 0.491 e. The van der Waals surface area contributed by atoms with Gasteiger partial charge in [0.1, 0.15) is 12.4 Å². The predicted molar refractivity (Wildman–Crippen MR) is 116 cm³/mol. The van der Waals surface area contributed by atoms with E-state index in [0.717, 1.165) is 42.7 Å². The van der Waals surface area contributed by atoms with Crippen LogP contribution in [0.1, 0.15) is 30.9 Å². The molecule has 0 bridgehead atoms. The van der Waals surface area contributed by atoms with Gasteiger partial charge in [0.25, 0.3) is 0 Å². The monoisotopic (exact) mass is 444 g/mol. The third-order valence-corrected chi connectivity index (χ3v) is 5.72. The third kappa shape index (κ3) is 6.35. The van der Waals surface area contributed by atoms with E-state index in [4.69, 9.17) is 4.74 Å². The molecular formula is C23H29BrN2O2. The van der Waals surface area contributed by atoms with Crippen LogP contribution in [0.3, 0.4) is 0 Å². The molecule has 28 heavy (non-hydrogen) atoms. The van der Waals surface area contributed by atoms with Crippen LogP contribution in [0.15, 0.2) is 53.0 Å². The molecule has 1 atom stereocenters.